The van der Waals surface area contributed by atoms with Gasteiger partial charge < -0.3 is 10.8 Å². The summed E-state index contributed by atoms with van der Waals surface area (Å²) in [6.07, 6.45) is 5.24. The number of aliphatic hydroxyl groups excluding tert-OH is 1. The predicted octanol–water partition coefficient (Wildman–Crippen LogP) is -0.425. The Morgan fingerprint density at radius 2 is 2.30 bits per heavy atom. The Balaban J connectivity index is 2.70. The van der Waals surface area contributed by atoms with Crippen molar-refractivity contribution in [2.24, 2.45) is 11.7 Å². The molecule has 0 aromatic rings. The molecule has 1 rings (SSSR count). The molecule has 3 heteroatoms. The smallest absolute Gasteiger partial charge is 0.166 e. The summed E-state index contributed by atoms with van der Waals surface area (Å²) in [4.78, 5) is 10.9. The zero-order valence-corrected chi connectivity index (χ0v) is 5.40. The van der Waals surface area contributed by atoms with E-state index < -0.39 is 12.1 Å². The van der Waals surface area contributed by atoms with Crippen molar-refractivity contribution in [3.63, 3.8) is 0 Å². The maximum absolute atomic E-state index is 10.9. The maximum Gasteiger partial charge on any atom is 0.166 e. The first-order valence-electron chi connectivity index (χ1n) is 3.04. The fraction of sp³-hybridized carbons (Fsp3) is 0.286. The lowest BCUT2D eigenvalue weighted by molar-refractivity contribution is -0.119. The number of aliphatic hydroxyl groups is 1. The monoisotopic (exact) mass is 139 g/mol. The number of carbonyl (C=O) groups excluding carboxylic acids is 1. The van der Waals surface area contributed by atoms with Gasteiger partial charge in [-0.05, 0) is 6.08 Å². The van der Waals surface area contributed by atoms with Gasteiger partial charge in [-0.25, -0.2) is 0 Å². The average Bonchev–Trinajstić information content (AvgIpc) is 1.88. The Hall–Kier alpha value is -0.930. The van der Waals surface area contributed by atoms with Crippen LogP contribution in [-0.2, 0) is 4.79 Å². The van der Waals surface area contributed by atoms with Crippen LogP contribution in [0.1, 0.15) is 0 Å². The van der Waals surface area contributed by atoms with Gasteiger partial charge >= 0.3 is 0 Å². The molecule has 0 spiro atoms. The van der Waals surface area contributed by atoms with Crippen LogP contribution >= 0.6 is 0 Å². The van der Waals surface area contributed by atoms with Crippen LogP contribution in [0.4, 0.5) is 0 Å². The van der Waals surface area contributed by atoms with Crippen LogP contribution in [0.3, 0.4) is 0 Å². The van der Waals surface area contributed by atoms with E-state index in [9.17, 15) is 4.79 Å². The minimum atomic E-state index is -1.08. The van der Waals surface area contributed by atoms with Gasteiger partial charge in [0.2, 0.25) is 0 Å². The van der Waals surface area contributed by atoms with E-state index in [1.54, 1.807) is 18.2 Å². The molecule has 0 heterocycles. The van der Waals surface area contributed by atoms with Gasteiger partial charge in [-0.1, -0.05) is 18.2 Å². The Bertz CT molecular complexity index is 194. The van der Waals surface area contributed by atoms with Crippen LogP contribution in [0.2, 0.25) is 0 Å². The van der Waals surface area contributed by atoms with Crippen molar-refractivity contribution in [3.8, 4) is 0 Å². The largest absolute Gasteiger partial charge is 0.378 e. The highest BCUT2D eigenvalue weighted by molar-refractivity contribution is 5.94. The van der Waals surface area contributed by atoms with Crippen molar-refractivity contribution in [3.05, 3.63) is 24.3 Å². The minimum absolute atomic E-state index is 0.141. The molecule has 0 fully saturated rings. The fourth-order valence-electron chi connectivity index (χ4n) is 0.822. The molecule has 3 N–H and O–H groups in total. The second-order valence-electron chi connectivity index (χ2n) is 2.16. The topological polar surface area (TPSA) is 63.3 Å². The summed E-state index contributed by atoms with van der Waals surface area (Å²) in [6.45, 7) is 0. The van der Waals surface area contributed by atoms with Gasteiger partial charge in [0.25, 0.3) is 0 Å². The second kappa shape index (κ2) is 2.77. The van der Waals surface area contributed by atoms with Gasteiger partial charge in [-0.15, -0.1) is 0 Å². The summed E-state index contributed by atoms with van der Waals surface area (Å²) >= 11 is 0. The van der Waals surface area contributed by atoms with E-state index in [4.69, 9.17) is 10.8 Å². The Morgan fingerprint density at radius 3 is 2.70 bits per heavy atom. The molecule has 0 unspecified atom stereocenters. The molecule has 0 amide bonds. The van der Waals surface area contributed by atoms with E-state index in [2.05, 4.69) is 0 Å². The molecule has 2 atom stereocenters. The van der Waals surface area contributed by atoms with Gasteiger partial charge in [0, 0.05) is 0 Å². The highest BCUT2D eigenvalue weighted by Gasteiger charge is 2.19. The van der Waals surface area contributed by atoms with E-state index >= 15 is 0 Å². The molecule has 0 aromatic carbocycles. The summed E-state index contributed by atoms with van der Waals surface area (Å²) in [7, 11) is 0. The molecule has 0 aliphatic heterocycles. The van der Waals surface area contributed by atoms with Crippen LogP contribution in [0.15, 0.2) is 24.3 Å². The summed E-state index contributed by atoms with van der Waals surface area (Å²) in [5.74, 6) is -0.692. The number of rotatable bonds is 1. The summed E-state index contributed by atoms with van der Waals surface area (Å²) in [5.41, 5.74) is 5.11. The van der Waals surface area contributed by atoms with Gasteiger partial charge in [0.15, 0.2) is 5.78 Å². The Labute approximate surface area is 58.8 Å². The number of allylic oxidation sites excluding steroid dienone is 3. The van der Waals surface area contributed by atoms with E-state index in [-0.39, 0.29) is 5.78 Å². The Kier molecular flexibility index (Phi) is 1.99. The molecular formula is C7H9NO2. The highest BCUT2D eigenvalue weighted by atomic mass is 16.3. The molecule has 0 saturated heterocycles. The van der Waals surface area contributed by atoms with Crippen LogP contribution in [0.25, 0.3) is 0 Å². The van der Waals surface area contributed by atoms with E-state index in [1.165, 1.54) is 6.08 Å². The molecule has 0 radical (unpaired) electrons. The number of nitrogens with two attached hydrogens (primary N) is 1. The van der Waals surface area contributed by atoms with E-state index in [0.29, 0.717) is 0 Å². The third-order valence-corrected chi connectivity index (χ3v) is 1.39. The first kappa shape index (κ1) is 7.18. The number of carbonyl (C=O) groups is 1. The lowest BCUT2D eigenvalue weighted by Gasteiger charge is -2.13. The molecule has 3 nitrogen and oxygen atoms in total. The van der Waals surface area contributed by atoms with Crippen molar-refractivity contribution < 1.29 is 9.90 Å². The van der Waals surface area contributed by atoms with Gasteiger partial charge in [0.1, 0.15) is 6.23 Å². The normalized spacial score (nSPS) is 27.0. The summed E-state index contributed by atoms with van der Waals surface area (Å²) < 4.78 is 0. The zero-order chi connectivity index (χ0) is 7.56. The molecule has 0 saturated carbocycles. The van der Waals surface area contributed by atoms with Crippen LogP contribution in [0.5, 0.6) is 0 Å². The first-order chi connectivity index (χ1) is 4.72. The van der Waals surface area contributed by atoms with Crippen molar-refractivity contribution >= 4 is 5.78 Å². The fourth-order valence-corrected chi connectivity index (χ4v) is 0.822. The Morgan fingerprint density at radius 1 is 1.60 bits per heavy atom. The van der Waals surface area contributed by atoms with Crippen LogP contribution in [-0.4, -0.2) is 17.1 Å². The van der Waals surface area contributed by atoms with Crippen LogP contribution in [0, 0.1) is 5.92 Å². The molecule has 54 valence electrons. The van der Waals surface area contributed by atoms with Crippen molar-refractivity contribution in [2.75, 3.05) is 0 Å². The maximum atomic E-state index is 10.9. The summed E-state index contributed by atoms with van der Waals surface area (Å²) in [6, 6.07) is 0. The second-order valence-corrected chi connectivity index (χ2v) is 2.16. The van der Waals surface area contributed by atoms with Crippen molar-refractivity contribution in [1.29, 1.82) is 0 Å². The average molecular weight is 139 g/mol. The molecule has 1 aliphatic rings. The molecule has 10 heavy (non-hydrogen) atoms. The first-order valence-corrected chi connectivity index (χ1v) is 3.04. The number of hydrogen-bond acceptors (Lipinski definition) is 3. The quantitative estimate of drug-likeness (QED) is 0.485. The zero-order valence-electron chi connectivity index (χ0n) is 5.40. The van der Waals surface area contributed by atoms with E-state index in [1.807, 2.05) is 0 Å². The van der Waals surface area contributed by atoms with Crippen molar-refractivity contribution in [2.45, 2.75) is 6.23 Å². The van der Waals surface area contributed by atoms with Crippen LogP contribution < -0.4 is 5.73 Å². The van der Waals surface area contributed by atoms with Gasteiger partial charge in [0.05, 0.1) is 5.92 Å². The lowest BCUT2D eigenvalue weighted by atomic mass is 9.98. The molecule has 0 aromatic heterocycles. The molecule has 0 bridgehead atoms. The molecule has 1 aliphatic carbocycles. The minimum Gasteiger partial charge on any atom is -0.378 e. The number of ketones is 1. The van der Waals surface area contributed by atoms with Gasteiger partial charge in [-0.2, -0.15) is 0 Å². The molecular weight excluding hydrogens is 130 g/mol. The van der Waals surface area contributed by atoms with E-state index in [0.717, 1.165) is 0 Å². The third kappa shape index (κ3) is 1.32. The lowest BCUT2D eigenvalue weighted by Crippen LogP contribution is -2.33. The van der Waals surface area contributed by atoms with Gasteiger partial charge in [-0.3, -0.25) is 4.79 Å². The standard InChI is InChI=1S/C7H9NO2/c8-7(10)5-3-1-2-4-6(5)9/h1-5,7,10H,8H2/t5-,7-/m0/s1. The van der Waals surface area contributed by atoms with Crippen molar-refractivity contribution in [1.82, 2.24) is 0 Å². The highest BCUT2D eigenvalue weighted by Crippen LogP contribution is 2.08. The predicted molar refractivity (Wildman–Crippen MR) is 37.0 cm³/mol. The number of hydrogen-bond donors (Lipinski definition) is 2. The third-order valence-electron chi connectivity index (χ3n) is 1.39. The summed E-state index contributed by atoms with van der Waals surface area (Å²) in [5, 5.41) is 8.82. The SMILES string of the molecule is N[C@@H](O)[C@H]1C=CC=CC1=O.